The molecule has 120 valence electrons. The van der Waals surface area contributed by atoms with E-state index < -0.39 is 0 Å². The largest absolute Gasteiger partial charge is 0.351 e. The van der Waals surface area contributed by atoms with Gasteiger partial charge in [0, 0.05) is 17.5 Å². The molecule has 1 aliphatic rings. The summed E-state index contributed by atoms with van der Waals surface area (Å²) >= 11 is 0. The smallest absolute Gasteiger partial charge is 0.251 e. The van der Waals surface area contributed by atoms with Gasteiger partial charge in [-0.1, -0.05) is 36.4 Å². The van der Waals surface area contributed by atoms with Gasteiger partial charge in [-0.2, -0.15) is 0 Å². The van der Waals surface area contributed by atoms with Gasteiger partial charge >= 0.3 is 0 Å². The molecule has 1 heterocycles. The fourth-order valence-electron chi connectivity index (χ4n) is 2.93. The van der Waals surface area contributed by atoms with Crippen LogP contribution in [0.2, 0.25) is 0 Å². The molecule has 0 unspecified atom stereocenters. The van der Waals surface area contributed by atoms with Crippen molar-refractivity contribution in [3.63, 3.8) is 0 Å². The molecule has 1 fully saturated rings. The fraction of sp³-hybridized carbons (Fsp3) is 0.222. The Balaban J connectivity index is 1.47. The predicted molar refractivity (Wildman–Crippen MR) is 88.8 cm³/mol. The molecule has 0 saturated heterocycles. The van der Waals surface area contributed by atoms with Gasteiger partial charge in [-0.15, -0.1) is 5.10 Å². The molecule has 6 heteroatoms. The summed E-state index contributed by atoms with van der Waals surface area (Å²) in [5.41, 5.74) is 2.76. The van der Waals surface area contributed by atoms with E-state index in [-0.39, 0.29) is 11.3 Å². The maximum atomic E-state index is 12.5. The summed E-state index contributed by atoms with van der Waals surface area (Å²) in [6, 6.07) is 17.7. The Labute approximate surface area is 139 Å². The molecule has 0 bridgehead atoms. The van der Waals surface area contributed by atoms with Crippen LogP contribution in [-0.4, -0.2) is 32.7 Å². The summed E-state index contributed by atoms with van der Waals surface area (Å²) < 4.78 is 1.53. The summed E-state index contributed by atoms with van der Waals surface area (Å²) in [4.78, 5) is 12.5. The molecule has 0 atom stereocenters. The zero-order valence-electron chi connectivity index (χ0n) is 13.1. The van der Waals surface area contributed by atoms with Crippen LogP contribution in [0.4, 0.5) is 0 Å². The second-order valence-electron chi connectivity index (χ2n) is 6.13. The molecular formula is C18H17N5O. The first-order valence-corrected chi connectivity index (χ1v) is 7.94. The van der Waals surface area contributed by atoms with Crippen LogP contribution in [0.15, 0.2) is 60.9 Å². The summed E-state index contributed by atoms with van der Waals surface area (Å²) in [7, 11) is 0. The van der Waals surface area contributed by atoms with Crippen molar-refractivity contribution in [1.29, 1.82) is 0 Å². The number of amides is 1. The maximum absolute atomic E-state index is 12.5. The number of nitrogens with one attached hydrogen (secondary N) is 1. The molecule has 4 rings (SSSR count). The number of carbonyl (C=O) groups is 1. The summed E-state index contributed by atoms with van der Waals surface area (Å²) in [6.45, 7) is 0.658. The first-order valence-electron chi connectivity index (χ1n) is 7.94. The fourth-order valence-corrected chi connectivity index (χ4v) is 2.93. The molecule has 1 aliphatic carbocycles. The van der Waals surface area contributed by atoms with Crippen molar-refractivity contribution in [2.45, 2.75) is 18.3 Å². The molecule has 1 saturated carbocycles. The summed E-state index contributed by atoms with van der Waals surface area (Å²) in [5.74, 6) is -0.0767. The Morgan fingerprint density at radius 1 is 1.12 bits per heavy atom. The Morgan fingerprint density at radius 3 is 2.67 bits per heavy atom. The number of aromatic nitrogens is 4. The van der Waals surface area contributed by atoms with Crippen LogP contribution >= 0.6 is 0 Å². The van der Waals surface area contributed by atoms with E-state index in [0.717, 1.165) is 18.5 Å². The summed E-state index contributed by atoms with van der Waals surface area (Å²) in [5, 5.41) is 14.1. The highest BCUT2D eigenvalue weighted by molar-refractivity contribution is 5.94. The number of nitrogens with zero attached hydrogens (tertiary/aromatic N) is 4. The molecule has 1 aromatic heterocycles. The van der Waals surface area contributed by atoms with Gasteiger partial charge in [0.25, 0.3) is 5.91 Å². The number of benzene rings is 2. The first-order chi connectivity index (χ1) is 11.8. The number of carbonyl (C=O) groups excluding carboxylic acids is 1. The van der Waals surface area contributed by atoms with Crippen molar-refractivity contribution in [1.82, 2.24) is 25.5 Å². The number of tetrazole rings is 1. The highest BCUT2D eigenvalue weighted by Gasteiger charge is 2.44. The quantitative estimate of drug-likeness (QED) is 0.782. The minimum absolute atomic E-state index is 0.0767. The third-order valence-electron chi connectivity index (χ3n) is 4.55. The molecule has 0 radical (unpaired) electrons. The lowest BCUT2D eigenvalue weighted by Crippen LogP contribution is -2.32. The van der Waals surface area contributed by atoms with Gasteiger partial charge < -0.3 is 5.32 Å². The lowest BCUT2D eigenvalue weighted by molar-refractivity contribution is 0.0949. The van der Waals surface area contributed by atoms with Crippen LogP contribution in [-0.2, 0) is 5.41 Å². The van der Waals surface area contributed by atoms with Gasteiger partial charge in [0.1, 0.15) is 6.33 Å². The van der Waals surface area contributed by atoms with E-state index in [9.17, 15) is 4.79 Å². The Kier molecular flexibility index (Phi) is 3.57. The zero-order valence-corrected chi connectivity index (χ0v) is 13.1. The van der Waals surface area contributed by atoms with E-state index >= 15 is 0 Å². The summed E-state index contributed by atoms with van der Waals surface area (Å²) in [6.07, 6.45) is 3.73. The zero-order chi connectivity index (χ0) is 16.4. The van der Waals surface area contributed by atoms with Gasteiger partial charge in [0.15, 0.2) is 0 Å². The van der Waals surface area contributed by atoms with Gasteiger partial charge in [0.2, 0.25) is 0 Å². The first kappa shape index (κ1) is 14.6. The van der Waals surface area contributed by atoms with Crippen molar-refractivity contribution in [3.05, 3.63) is 72.1 Å². The molecule has 1 N–H and O–H groups in total. The third-order valence-corrected chi connectivity index (χ3v) is 4.55. The van der Waals surface area contributed by atoms with E-state index in [0.29, 0.717) is 12.1 Å². The Morgan fingerprint density at radius 2 is 1.96 bits per heavy atom. The van der Waals surface area contributed by atoms with Crippen LogP contribution in [0.3, 0.4) is 0 Å². The number of rotatable bonds is 5. The standard InChI is InChI=1S/C18H17N5O/c24-17(14-5-4-8-16(11-14)23-13-20-21-22-23)19-12-18(9-10-18)15-6-2-1-3-7-15/h1-8,11,13H,9-10,12H2,(H,19,24). The minimum Gasteiger partial charge on any atom is -0.351 e. The highest BCUT2D eigenvalue weighted by Crippen LogP contribution is 2.47. The molecule has 1 amide bonds. The van der Waals surface area contributed by atoms with E-state index in [1.165, 1.54) is 16.6 Å². The number of hydrogen-bond acceptors (Lipinski definition) is 4. The van der Waals surface area contributed by atoms with Crippen molar-refractivity contribution in [2.24, 2.45) is 0 Å². The molecule has 24 heavy (non-hydrogen) atoms. The highest BCUT2D eigenvalue weighted by atomic mass is 16.1. The Bertz CT molecular complexity index is 841. The molecule has 2 aromatic carbocycles. The minimum atomic E-state index is -0.0767. The normalized spacial score (nSPS) is 15.0. The number of hydrogen-bond donors (Lipinski definition) is 1. The van der Waals surface area contributed by atoms with E-state index in [4.69, 9.17) is 0 Å². The van der Waals surface area contributed by atoms with E-state index in [1.807, 2.05) is 30.3 Å². The predicted octanol–water partition coefficient (Wildman–Crippen LogP) is 2.12. The lowest BCUT2D eigenvalue weighted by Gasteiger charge is -2.16. The maximum Gasteiger partial charge on any atom is 0.251 e. The average Bonchev–Trinajstić information content (AvgIpc) is 3.24. The second kappa shape index (κ2) is 5.88. The van der Waals surface area contributed by atoms with Gasteiger partial charge in [0.05, 0.1) is 5.69 Å². The SMILES string of the molecule is O=C(NCC1(c2ccccc2)CC1)c1cccc(-n2cnnn2)c1. The Hall–Kier alpha value is -3.02. The second-order valence-corrected chi connectivity index (χ2v) is 6.13. The van der Waals surface area contributed by atoms with Gasteiger partial charge in [-0.25, -0.2) is 4.68 Å². The monoisotopic (exact) mass is 319 g/mol. The van der Waals surface area contributed by atoms with Crippen molar-refractivity contribution < 1.29 is 4.79 Å². The lowest BCUT2D eigenvalue weighted by atomic mass is 9.96. The van der Waals surface area contributed by atoms with Crippen LogP contribution < -0.4 is 5.32 Å². The molecule has 3 aromatic rings. The van der Waals surface area contributed by atoms with Gasteiger partial charge in [-0.05, 0) is 47.0 Å². The van der Waals surface area contributed by atoms with Crippen LogP contribution in [0.1, 0.15) is 28.8 Å². The molecule has 0 spiro atoms. The molecular weight excluding hydrogens is 302 g/mol. The van der Waals surface area contributed by atoms with Crippen molar-refractivity contribution >= 4 is 5.91 Å². The van der Waals surface area contributed by atoms with Crippen molar-refractivity contribution in [2.75, 3.05) is 6.54 Å². The average molecular weight is 319 g/mol. The van der Waals surface area contributed by atoms with Crippen LogP contribution in [0, 0.1) is 0 Å². The van der Waals surface area contributed by atoms with Crippen LogP contribution in [0.25, 0.3) is 5.69 Å². The van der Waals surface area contributed by atoms with Crippen molar-refractivity contribution in [3.8, 4) is 5.69 Å². The molecule has 0 aliphatic heterocycles. The van der Waals surface area contributed by atoms with Crippen LogP contribution in [0.5, 0.6) is 0 Å². The molecule has 6 nitrogen and oxygen atoms in total. The topological polar surface area (TPSA) is 72.7 Å². The van der Waals surface area contributed by atoms with E-state index in [1.54, 1.807) is 12.1 Å². The van der Waals surface area contributed by atoms with Gasteiger partial charge in [-0.3, -0.25) is 4.79 Å². The van der Waals surface area contributed by atoms with E-state index in [2.05, 4.69) is 33.0 Å². The third kappa shape index (κ3) is 2.78.